The van der Waals surface area contributed by atoms with E-state index < -0.39 is 5.97 Å². The average molecular weight is 313 g/mol. The molecule has 0 atom stereocenters. The van der Waals surface area contributed by atoms with Gasteiger partial charge in [0.2, 0.25) is 0 Å². The zero-order chi connectivity index (χ0) is 16.2. The van der Waals surface area contributed by atoms with Crippen molar-refractivity contribution >= 4 is 11.7 Å². The van der Waals surface area contributed by atoms with Gasteiger partial charge < -0.3 is 10.4 Å². The summed E-state index contributed by atoms with van der Waals surface area (Å²) in [7, 11) is 1.96. The third-order valence-electron chi connectivity index (χ3n) is 4.53. The van der Waals surface area contributed by atoms with Gasteiger partial charge in [0.05, 0.1) is 16.9 Å². The average Bonchev–Trinajstić information content (AvgIpc) is 2.95. The van der Waals surface area contributed by atoms with E-state index in [0.717, 1.165) is 11.3 Å². The third-order valence-corrected chi connectivity index (χ3v) is 4.53. The van der Waals surface area contributed by atoms with Crippen LogP contribution >= 0.6 is 0 Å². The van der Waals surface area contributed by atoms with E-state index in [9.17, 15) is 4.79 Å². The van der Waals surface area contributed by atoms with E-state index in [2.05, 4.69) is 10.4 Å². The highest BCUT2D eigenvalue weighted by Gasteiger charge is 2.21. The van der Waals surface area contributed by atoms with Crippen molar-refractivity contribution in [3.05, 3.63) is 47.3 Å². The fourth-order valence-corrected chi connectivity index (χ4v) is 3.28. The van der Waals surface area contributed by atoms with Crippen LogP contribution in [0.4, 0.5) is 5.69 Å². The van der Waals surface area contributed by atoms with Crippen LogP contribution < -0.4 is 5.32 Å². The number of benzene rings is 1. The summed E-state index contributed by atoms with van der Waals surface area (Å²) < 4.78 is 1.87. The number of carboxylic acids is 1. The van der Waals surface area contributed by atoms with E-state index in [1.54, 1.807) is 12.1 Å². The molecule has 23 heavy (non-hydrogen) atoms. The molecule has 1 aromatic carbocycles. The van der Waals surface area contributed by atoms with Crippen LogP contribution in [-0.2, 0) is 13.6 Å². The van der Waals surface area contributed by atoms with Gasteiger partial charge in [-0.15, -0.1) is 0 Å². The van der Waals surface area contributed by atoms with Crippen LogP contribution in [-0.4, -0.2) is 20.9 Å². The lowest BCUT2D eigenvalue weighted by atomic mass is 9.86. The summed E-state index contributed by atoms with van der Waals surface area (Å²) in [6.45, 7) is 0.672. The monoisotopic (exact) mass is 313 g/mol. The summed E-state index contributed by atoms with van der Waals surface area (Å²) in [5.74, 6) is -0.335. The van der Waals surface area contributed by atoms with Crippen molar-refractivity contribution in [2.75, 3.05) is 5.32 Å². The molecule has 1 aliphatic rings. The molecule has 1 aliphatic carbocycles. The fraction of sp³-hybridized carbons (Fsp3) is 0.444. The zero-order valence-corrected chi connectivity index (χ0v) is 13.5. The number of nitrogens with zero attached hydrogens (tertiary/aromatic N) is 2. The van der Waals surface area contributed by atoms with E-state index in [1.165, 1.54) is 37.8 Å². The maximum atomic E-state index is 10.9. The van der Waals surface area contributed by atoms with Crippen molar-refractivity contribution in [3.8, 4) is 0 Å². The maximum absolute atomic E-state index is 10.9. The Morgan fingerprint density at radius 2 is 1.96 bits per heavy atom. The minimum Gasteiger partial charge on any atom is -0.478 e. The Kier molecular flexibility index (Phi) is 4.65. The molecule has 1 fully saturated rings. The van der Waals surface area contributed by atoms with Gasteiger partial charge in [0, 0.05) is 25.7 Å². The number of aromatic carboxylic acids is 1. The number of rotatable bonds is 5. The van der Waals surface area contributed by atoms with Crippen LogP contribution in [0.25, 0.3) is 0 Å². The Morgan fingerprint density at radius 3 is 2.61 bits per heavy atom. The smallest absolute Gasteiger partial charge is 0.335 e. The van der Waals surface area contributed by atoms with Crippen molar-refractivity contribution in [1.82, 2.24) is 9.78 Å². The van der Waals surface area contributed by atoms with Crippen LogP contribution in [0.3, 0.4) is 0 Å². The molecule has 1 saturated carbocycles. The molecular formula is C18H23N3O2. The fourth-order valence-electron chi connectivity index (χ4n) is 3.28. The molecule has 2 aromatic rings. The molecule has 0 bridgehead atoms. The van der Waals surface area contributed by atoms with E-state index in [1.807, 2.05) is 30.1 Å². The number of carboxylic acid groups (broad SMARTS) is 1. The molecule has 5 heteroatoms. The molecule has 1 aromatic heterocycles. The van der Waals surface area contributed by atoms with Crippen molar-refractivity contribution in [2.24, 2.45) is 7.05 Å². The second kappa shape index (κ2) is 6.86. The topological polar surface area (TPSA) is 67.2 Å². The van der Waals surface area contributed by atoms with Crippen molar-refractivity contribution in [1.29, 1.82) is 0 Å². The first-order valence-electron chi connectivity index (χ1n) is 8.23. The predicted octanol–water partition coefficient (Wildman–Crippen LogP) is 3.78. The Morgan fingerprint density at radius 1 is 1.26 bits per heavy atom. The maximum Gasteiger partial charge on any atom is 0.335 e. The highest BCUT2D eigenvalue weighted by Crippen LogP contribution is 2.35. The summed E-state index contributed by atoms with van der Waals surface area (Å²) >= 11 is 0. The van der Waals surface area contributed by atoms with Gasteiger partial charge in [-0.3, -0.25) is 4.68 Å². The molecule has 0 saturated heterocycles. The quantitative estimate of drug-likeness (QED) is 0.881. The van der Waals surface area contributed by atoms with Gasteiger partial charge >= 0.3 is 5.97 Å². The Balaban J connectivity index is 1.69. The van der Waals surface area contributed by atoms with E-state index >= 15 is 0 Å². The highest BCUT2D eigenvalue weighted by molar-refractivity contribution is 5.87. The molecule has 0 radical (unpaired) electrons. The van der Waals surface area contributed by atoms with Crippen molar-refractivity contribution < 1.29 is 9.90 Å². The summed E-state index contributed by atoms with van der Waals surface area (Å²) in [5.41, 5.74) is 3.66. The van der Waals surface area contributed by atoms with Gasteiger partial charge in [-0.25, -0.2) is 4.79 Å². The Hall–Kier alpha value is -2.30. The molecule has 2 N–H and O–H groups in total. The number of aryl methyl sites for hydroxylation is 1. The zero-order valence-electron chi connectivity index (χ0n) is 13.5. The number of hydrogen-bond donors (Lipinski definition) is 2. The van der Waals surface area contributed by atoms with Gasteiger partial charge in [-0.05, 0) is 30.5 Å². The summed E-state index contributed by atoms with van der Waals surface area (Å²) in [5, 5.41) is 17.1. The largest absolute Gasteiger partial charge is 0.478 e. The minimum atomic E-state index is -0.892. The number of anilines is 1. The van der Waals surface area contributed by atoms with Crippen molar-refractivity contribution in [3.63, 3.8) is 0 Å². The third kappa shape index (κ3) is 3.73. The second-order valence-corrected chi connectivity index (χ2v) is 6.29. The molecule has 0 unspecified atom stereocenters. The summed E-state index contributed by atoms with van der Waals surface area (Å²) in [6.07, 6.45) is 8.39. The normalized spacial score (nSPS) is 15.5. The van der Waals surface area contributed by atoms with Crippen LogP contribution in [0.5, 0.6) is 0 Å². The minimum absolute atomic E-state index is 0.318. The van der Waals surface area contributed by atoms with Crippen LogP contribution in [0.1, 0.15) is 59.6 Å². The summed E-state index contributed by atoms with van der Waals surface area (Å²) in [4.78, 5) is 10.9. The van der Waals surface area contributed by atoms with Crippen LogP contribution in [0, 0.1) is 0 Å². The molecule has 122 valence electrons. The molecular weight excluding hydrogens is 290 g/mol. The first-order valence-corrected chi connectivity index (χ1v) is 8.23. The van der Waals surface area contributed by atoms with Crippen LogP contribution in [0.15, 0.2) is 30.5 Å². The van der Waals surface area contributed by atoms with Gasteiger partial charge in [-0.2, -0.15) is 5.10 Å². The second-order valence-electron chi connectivity index (χ2n) is 6.29. The SMILES string of the molecule is Cn1cc(NCc2ccc(C(=O)O)cc2)c(C2CCCCC2)n1. The number of nitrogens with one attached hydrogen (secondary N) is 1. The molecule has 0 amide bonds. The Bertz CT molecular complexity index is 670. The molecule has 0 aliphatic heterocycles. The molecule has 3 rings (SSSR count). The van der Waals surface area contributed by atoms with Gasteiger partial charge in [0.1, 0.15) is 0 Å². The molecule has 0 spiro atoms. The van der Waals surface area contributed by atoms with Gasteiger partial charge in [-0.1, -0.05) is 31.4 Å². The molecule has 1 heterocycles. The van der Waals surface area contributed by atoms with Gasteiger partial charge in [0.25, 0.3) is 0 Å². The number of carbonyl (C=O) groups is 1. The van der Waals surface area contributed by atoms with E-state index in [4.69, 9.17) is 5.11 Å². The first-order chi connectivity index (χ1) is 11.1. The van der Waals surface area contributed by atoms with E-state index in [0.29, 0.717) is 18.0 Å². The highest BCUT2D eigenvalue weighted by atomic mass is 16.4. The lowest BCUT2D eigenvalue weighted by Gasteiger charge is -2.21. The first kappa shape index (κ1) is 15.6. The van der Waals surface area contributed by atoms with Crippen molar-refractivity contribution in [2.45, 2.75) is 44.6 Å². The summed E-state index contributed by atoms with van der Waals surface area (Å²) in [6, 6.07) is 7.00. The lowest BCUT2D eigenvalue weighted by molar-refractivity contribution is 0.0697. The van der Waals surface area contributed by atoms with Gasteiger partial charge in [0.15, 0.2) is 0 Å². The molecule has 5 nitrogen and oxygen atoms in total. The van der Waals surface area contributed by atoms with Crippen LogP contribution in [0.2, 0.25) is 0 Å². The van der Waals surface area contributed by atoms with E-state index in [-0.39, 0.29) is 0 Å². The number of aromatic nitrogens is 2. The predicted molar refractivity (Wildman–Crippen MR) is 89.8 cm³/mol. The standard InChI is InChI=1S/C18H23N3O2/c1-21-12-16(17(20-21)14-5-3-2-4-6-14)19-11-13-7-9-15(10-8-13)18(22)23/h7-10,12,14,19H,2-6,11H2,1H3,(H,22,23). The number of hydrogen-bond acceptors (Lipinski definition) is 3. The lowest BCUT2D eigenvalue weighted by Crippen LogP contribution is -2.09. The Labute approximate surface area is 136 Å².